The van der Waals surface area contributed by atoms with Gasteiger partial charge in [0.1, 0.15) is 12.6 Å². The molecule has 0 aromatic heterocycles. The van der Waals surface area contributed by atoms with Gasteiger partial charge in [-0.05, 0) is 36.6 Å². The van der Waals surface area contributed by atoms with E-state index in [4.69, 9.17) is 44.3 Å². The van der Waals surface area contributed by atoms with Gasteiger partial charge >= 0.3 is 5.97 Å². The first kappa shape index (κ1) is 23.6. The smallest absolute Gasteiger partial charge is 0.320 e. The predicted molar refractivity (Wildman–Crippen MR) is 117 cm³/mol. The number of ether oxygens (including phenoxy) is 2. The highest BCUT2D eigenvalue weighted by Crippen LogP contribution is 2.35. The fraction of sp³-hybridized carbons (Fsp3) is 0.381. The number of hydrogen-bond donors (Lipinski definition) is 2. The van der Waals surface area contributed by atoms with Crippen LogP contribution in [-0.2, 0) is 17.9 Å². The molecule has 0 saturated carbocycles. The van der Waals surface area contributed by atoms with Crippen LogP contribution in [0.5, 0.6) is 11.5 Å². The van der Waals surface area contributed by atoms with Crippen LogP contribution >= 0.6 is 34.8 Å². The van der Waals surface area contributed by atoms with E-state index in [1.165, 1.54) is 0 Å². The summed E-state index contributed by atoms with van der Waals surface area (Å²) in [6.07, 6.45) is 0. The van der Waals surface area contributed by atoms with Gasteiger partial charge in [0.15, 0.2) is 11.5 Å². The van der Waals surface area contributed by atoms with E-state index in [0.29, 0.717) is 44.3 Å². The van der Waals surface area contributed by atoms with Crippen LogP contribution in [0.4, 0.5) is 0 Å². The molecule has 5 nitrogen and oxygen atoms in total. The van der Waals surface area contributed by atoms with Gasteiger partial charge in [-0.2, -0.15) is 0 Å². The van der Waals surface area contributed by atoms with E-state index in [2.05, 4.69) is 5.32 Å². The van der Waals surface area contributed by atoms with Gasteiger partial charge in [-0.3, -0.25) is 4.79 Å². The molecule has 2 rings (SSSR count). The lowest BCUT2D eigenvalue weighted by molar-refractivity contribution is -0.140. The second-order valence-corrected chi connectivity index (χ2v) is 7.97. The third kappa shape index (κ3) is 6.41. The van der Waals surface area contributed by atoms with E-state index in [1.807, 2.05) is 20.8 Å². The largest absolute Gasteiger partial charge is 0.490 e. The standard InChI is InChI=1S/C21H24Cl3NO4/c1-4-28-18-8-13(10-25-20(12(2)3)21(26)27)17(24)9-19(18)29-11-14-15(22)6-5-7-16(14)23/h5-9,12,20,25H,4,10-11H2,1-3H3,(H,26,27). The molecule has 2 aromatic carbocycles. The van der Waals surface area contributed by atoms with Crippen molar-refractivity contribution in [2.24, 2.45) is 5.92 Å². The zero-order chi connectivity index (χ0) is 21.6. The Morgan fingerprint density at radius 2 is 1.69 bits per heavy atom. The molecule has 0 radical (unpaired) electrons. The Kier molecular flexibility index (Phi) is 8.90. The maximum atomic E-state index is 11.4. The molecule has 0 bridgehead atoms. The molecule has 158 valence electrons. The number of aliphatic carboxylic acids is 1. The van der Waals surface area contributed by atoms with Crippen LogP contribution in [-0.4, -0.2) is 23.7 Å². The van der Waals surface area contributed by atoms with Crippen LogP contribution < -0.4 is 14.8 Å². The van der Waals surface area contributed by atoms with Gasteiger partial charge in [-0.1, -0.05) is 54.7 Å². The van der Waals surface area contributed by atoms with Crippen molar-refractivity contribution >= 4 is 40.8 Å². The number of rotatable bonds is 10. The first-order valence-corrected chi connectivity index (χ1v) is 10.3. The summed E-state index contributed by atoms with van der Waals surface area (Å²) in [4.78, 5) is 11.4. The monoisotopic (exact) mass is 459 g/mol. The molecule has 1 atom stereocenters. The Morgan fingerprint density at radius 3 is 2.24 bits per heavy atom. The minimum absolute atomic E-state index is 0.0689. The van der Waals surface area contributed by atoms with Crippen LogP contribution in [0.2, 0.25) is 15.1 Å². The lowest BCUT2D eigenvalue weighted by Gasteiger charge is -2.20. The molecule has 8 heteroatoms. The number of hydrogen-bond acceptors (Lipinski definition) is 4. The number of carboxylic acids is 1. The Morgan fingerprint density at radius 1 is 1.07 bits per heavy atom. The fourth-order valence-electron chi connectivity index (χ4n) is 2.74. The lowest BCUT2D eigenvalue weighted by Crippen LogP contribution is -2.40. The van der Waals surface area contributed by atoms with Crippen LogP contribution in [0, 0.1) is 5.92 Å². The van der Waals surface area contributed by atoms with Gasteiger partial charge in [-0.25, -0.2) is 0 Å². The van der Waals surface area contributed by atoms with Crippen molar-refractivity contribution in [2.45, 2.75) is 40.0 Å². The van der Waals surface area contributed by atoms with Crippen molar-refractivity contribution in [3.8, 4) is 11.5 Å². The summed E-state index contributed by atoms with van der Waals surface area (Å²) < 4.78 is 11.6. The van der Waals surface area contributed by atoms with Crippen LogP contribution in [0.25, 0.3) is 0 Å². The third-order valence-corrected chi connectivity index (χ3v) is 5.35. The second-order valence-electron chi connectivity index (χ2n) is 6.75. The molecule has 0 amide bonds. The average Bonchev–Trinajstić information content (AvgIpc) is 2.64. The molecule has 29 heavy (non-hydrogen) atoms. The average molecular weight is 461 g/mol. The molecule has 1 unspecified atom stereocenters. The van der Waals surface area contributed by atoms with Gasteiger partial charge in [-0.15, -0.1) is 0 Å². The van der Waals surface area contributed by atoms with E-state index < -0.39 is 12.0 Å². The number of carboxylic acid groups (broad SMARTS) is 1. The molecule has 0 saturated heterocycles. The SMILES string of the molecule is CCOc1cc(CNC(C(=O)O)C(C)C)c(Cl)cc1OCc1c(Cl)cccc1Cl. The summed E-state index contributed by atoms with van der Waals surface area (Å²) >= 11 is 18.8. The van der Waals surface area contributed by atoms with Crippen molar-refractivity contribution in [2.75, 3.05) is 6.61 Å². The third-order valence-electron chi connectivity index (χ3n) is 4.29. The van der Waals surface area contributed by atoms with Gasteiger partial charge in [0.25, 0.3) is 0 Å². The minimum Gasteiger partial charge on any atom is -0.490 e. The Bertz CT molecular complexity index is 838. The highest BCUT2D eigenvalue weighted by Gasteiger charge is 2.21. The molecule has 2 aromatic rings. The van der Waals surface area contributed by atoms with Gasteiger partial charge in [0, 0.05) is 33.2 Å². The van der Waals surface area contributed by atoms with Crippen LogP contribution in [0.15, 0.2) is 30.3 Å². The Hall–Kier alpha value is -1.66. The Labute approximate surface area is 185 Å². The topological polar surface area (TPSA) is 67.8 Å². The Balaban J connectivity index is 2.21. The summed E-state index contributed by atoms with van der Waals surface area (Å²) in [6.45, 7) is 6.42. The molecular weight excluding hydrogens is 437 g/mol. The van der Waals surface area contributed by atoms with E-state index in [9.17, 15) is 9.90 Å². The normalized spacial score (nSPS) is 12.1. The van der Waals surface area contributed by atoms with E-state index in [0.717, 1.165) is 0 Å². The maximum absolute atomic E-state index is 11.4. The van der Waals surface area contributed by atoms with Gasteiger partial charge < -0.3 is 19.9 Å². The number of nitrogens with one attached hydrogen (secondary N) is 1. The molecule has 0 aliphatic rings. The number of carbonyl (C=O) groups is 1. The summed E-state index contributed by atoms with van der Waals surface area (Å²) in [6, 6.07) is 7.97. The first-order chi connectivity index (χ1) is 13.7. The molecule has 0 fully saturated rings. The van der Waals surface area contributed by atoms with Crippen molar-refractivity contribution in [3.63, 3.8) is 0 Å². The lowest BCUT2D eigenvalue weighted by atomic mass is 10.0. The quantitative estimate of drug-likeness (QED) is 0.467. The minimum atomic E-state index is -0.905. The fourth-order valence-corrected chi connectivity index (χ4v) is 3.47. The van der Waals surface area contributed by atoms with E-state index in [1.54, 1.807) is 30.3 Å². The first-order valence-electron chi connectivity index (χ1n) is 9.21. The zero-order valence-electron chi connectivity index (χ0n) is 16.5. The van der Waals surface area contributed by atoms with Gasteiger partial charge in [0.05, 0.1) is 6.61 Å². The van der Waals surface area contributed by atoms with Crippen LogP contribution in [0.3, 0.4) is 0 Å². The van der Waals surface area contributed by atoms with Crippen LogP contribution in [0.1, 0.15) is 31.9 Å². The highest BCUT2D eigenvalue weighted by atomic mass is 35.5. The predicted octanol–water partition coefficient (Wildman–Crippen LogP) is 5.82. The van der Waals surface area contributed by atoms with E-state index in [-0.39, 0.29) is 19.1 Å². The van der Waals surface area contributed by atoms with Crippen molar-refractivity contribution in [1.82, 2.24) is 5.32 Å². The highest BCUT2D eigenvalue weighted by molar-refractivity contribution is 6.36. The van der Waals surface area contributed by atoms with Crippen molar-refractivity contribution < 1.29 is 19.4 Å². The number of halogens is 3. The molecule has 0 heterocycles. The molecular formula is C21H24Cl3NO4. The molecule has 0 aliphatic heterocycles. The van der Waals surface area contributed by atoms with Crippen molar-refractivity contribution in [3.05, 3.63) is 56.5 Å². The van der Waals surface area contributed by atoms with Crippen molar-refractivity contribution in [1.29, 1.82) is 0 Å². The summed E-state index contributed by atoms with van der Waals surface area (Å²) in [5.41, 5.74) is 1.38. The maximum Gasteiger partial charge on any atom is 0.320 e. The summed E-state index contributed by atoms with van der Waals surface area (Å²) in [5, 5.41) is 13.8. The summed E-state index contributed by atoms with van der Waals surface area (Å²) in [7, 11) is 0. The summed E-state index contributed by atoms with van der Waals surface area (Å²) in [5.74, 6) is -0.0122. The molecule has 0 spiro atoms. The molecule has 2 N–H and O–H groups in total. The second kappa shape index (κ2) is 10.9. The number of benzene rings is 2. The zero-order valence-corrected chi connectivity index (χ0v) is 18.7. The van der Waals surface area contributed by atoms with Gasteiger partial charge in [0.2, 0.25) is 0 Å². The molecule has 0 aliphatic carbocycles. The van der Waals surface area contributed by atoms with E-state index >= 15 is 0 Å².